The summed E-state index contributed by atoms with van der Waals surface area (Å²) in [6.45, 7) is 0. The third-order valence-electron chi connectivity index (χ3n) is 3.87. The van der Waals surface area contributed by atoms with E-state index < -0.39 is 0 Å². The third kappa shape index (κ3) is 4.68. The largest absolute Gasteiger partial charge is 0.465 e. The maximum absolute atomic E-state index is 11.5. The monoisotopic (exact) mass is 394 g/mol. The normalized spacial score (nSPS) is 10.3. The summed E-state index contributed by atoms with van der Waals surface area (Å²) in [7, 11) is 1.36. The number of ether oxygens (including phenoxy) is 1. The van der Waals surface area contributed by atoms with E-state index in [1.807, 2.05) is 42.5 Å². The summed E-state index contributed by atoms with van der Waals surface area (Å²) in [6.07, 6.45) is 0. The van der Waals surface area contributed by atoms with Crippen LogP contribution in [0.2, 0.25) is 5.02 Å². The summed E-state index contributed by atoms with van der Waals surface area (Å²) >= 11 is 7.42. The van der Waals surface area contributed by atoms with Crippen molar-refractivity contribution in [1.29, 1.82) is 5.26 Å². The number of nitrogens with zero attached hydrogens (tertiary/aromatic N) is 2. The molecule has 0 aliphatic heterocycles. The zero-order valence-corrected chi connectivity index (χ0v) is 16.1. The van der Waals surface area contributed by atoms with E-state index in [0.29, 0.717) is 26.9 Å². The SMILES string of the molecule is COC(=O)c1ccc(CSc2nc(-c3ccc(Cl)cc3)ccc2C#N)cc1. The van der Waals surface area contributed by atoms with E-state index in [1.54, 1.807) is 18.2 Å². The second-order valence-electron chi connectivity index (χ2n) is 5.65. The molecule has 0 saturated carbocycles. The molecule has 0 unspecified atom stereocenters. The second-order valence-corrected chi connectivity index (χ2v) is 7.05. The Morgan fingerprint density at radius 3 is 2.44 bits per heavy atom. The predicted octanol–water partition coefficient (Wildman–Crippen LogP) is 5.35. The standard InChI is InChI=1S/C21H15ClN2O2S/c1-26-21(25)16-4-2-14(3-5-16)13-27-20-17(12-23)8-11-19(24-20)15-6-9-18(22)10-7-15/h2-11H,13H2,1H3. The number of carbonyl (C=O) groups excluding carboxylic acids is 1. The highest BCUT2D eigenvalue weighted by Crippen LogP contribution is 2.28. The Hall–Kier alpha value is -2.81. The fourth-order valence-corrected chi connectivity index (χ4v) is 3.48. The minimum absolute atomic E-state index is 0.363. The third-order valence-corrected chi connectivity index (χ3v) is 5.19. The number of rotatable bonds is 5. The molecule has 0 atom stereocenters. The van der Waals surface area contributed by atoms with Gasteiger partial charge in [-0.05, 0) is 42.0 Å². The summed E-state index contributed by atoms with van der Waals surface area (Å²) in [5, 5.41) is 10.7. The van der Waals surface area contributed by atoms with Gasteiger partial charge in [0.1, 0.15) is 11.1 Å². The van der Waals surface area contributed by atoms with Crippen LogP contribution >= 0.6 is 23.4 Å². The van der Waals surface area contributed by atoms with Crippen molar-refractivity contribution in [3.63, 3.8) is 0 Å². The van der Waals surface area contributed by atoms with Crippen molar-refractivity contribution in [2.24, 2.45) is 0 Å². The summed E-state index contributed by atoms with van der Waals surface area (Å²) in [6, 6.07) is 20.4. The van der Waals surface area contributed by atoms with Gasteiger partial charge in [-0.2, -0.15) is 5.26 Å². The molecule has 0 radical (unpaired) electrons. The Labute approximate surface area is 166 Å². The molecule has 1 aromatic heterocycles. The fraction of sp³-hybridized carbons (Fsp3) is 0.0952. The molecule has 6 heteroatoms. The van der Waals surface area contributed by atoms with E-state index in [0.717, 1.165) is 16.8 Å². The van der Waals surface area contributed by atoms with Crippen molar-refractivity contribution < 1.29 is 9.53 Å². The number of aromatic nitrogens is 1. The molecule has 0 fully saturated rings. The first-order valence-electron chi connectivity index (χ1n) is 8.08. The van der Waals surface area contributed by atoms with E-state index in [2.05, 4.69) is 11.1 Å². The van der Waals surface area contributed by atoms with Gasteiger partial charge >= 0.3 is 5.97 Å². The lowest BCUT2D eigenvalue weighted by Gasteiger charge is -2.07. The number of pyridine rings is 1. The van der Waals surface area contributed by atoms with E-state index in [-0.39, 0.29) is 5.97 Å². The maximum Gasteiger partial charge on any atom is 0.337 e. The second kappa shape index (κ2) is 8.72. The predicted molar refractivity (Wildman–Crippen MR) is 107 cm³/mol. The van der Waals surface area contributed by atoms with E-state index in [1.165, 1.54) is 18.9 Å². The smallest absolute Gasteiger partial charge is 0.337 e. The molecule has 2 aromatic carbocycles. The molecule has 3 rings (SSSR count). The number of esters is 1. The average Bonchev–Trinajstić information content (AvgIpc) is 2.72. The molecule has 0 N–H and O–H groups in total. The van der Waals surface area contributed by atoms with Gasteiger partial charge in [0.05, 0.1) is 23.9 Å². The minimum Gasteiger partial charge on any atom is -0.465 e. The van der Waals surface area contributed by atoms with Crippen LogP contribution in [-0.2, 0) is 10.5 Å². The number of methoxy groups -OCH3 is 1. The number of carbonyl (C=O) groups is 1. The molecule has 1 heterocycles. The van der Waals surface area contributed by atoms with Crippen molar-refractivity contribution in [3.8, 4) is 17.3 Å². The molecule has 3 aromatic rings. The molecular weight excluding hydrogens is 380 g/mol. The van der Waals surface area contributed by atoms with E-state index >= 15 is 0 Å². The van der Waals surface area contributed by atoms with Crippen LogP contribution in [0, 0.1) is 11.3 Å². The molecule has 0 spiro atoms. The first kappa shape index (κ1) is 19.0. The molecule has 134 valence electrons. The van der Waals surface area contributed by atoms with Crippen LogP contribution in [0.4, 0.5) is 0 Å². The molecule has 0 aliphatic rings. The summed E-state index contributed by atoms with van der Waals surface area (Å²) < 4.78 is 4.70. The Morgan fingerprint density at radius 1 is 1.11 bits per heavy atom. The highest BCUT2D eigenvalue weighted by atomic mass is 35.5. The summed E-state index contributed by atoms with van der Waals surface area (Å²) in [5.74, 6) is 0.269. The highest BCUT2D eigenvalue weighted by molar-refractivity contribution is 7.98. The van der Waals surface area contributed by atoms with E-state index in [4.69, 9.17) is 16.3 Å². The van der Waals surface area contributed by atoms with Gasteiger partial charge in [-0.1, -0.05) is 35.9 Å². The number of halogens is 1. The van der Waals surface area contributed by atoms with Crippen LogP contribution in [0.5, 0.6) is 0 Å². The highest BCUT2D eigenvalue weighted by Gasteiger charge is 2.09. The van der Waals surface area contributed by atoms with Crippen LogP contribution in [0.3, 0.4) is 0 Å². The first-order valence-corrected chi connectivity index (χ1v) is 9.44. The van der Waals surface area contributed by atoms with Crippen molar-refractivity contribution in [2.75, 3.05) is 7.11 Å². The Bertz CT molecular complexity index is 996. The average molecular weight is 395 g/mol. The molecule has 0 bridgehead atoms. The molecule has 0 aliphatic carbocycles. The van der Waals surface area contributed by atoms with Crippen LogP contribution in [0.1, 0.15) is 21.5 Å². The van der Waals surface area contributed by atoms with Crippen LogP contribution in [-0.4, -0.2) is 18.1 Å². The first-order chi connectivity index (χ1) is 13.1. The number of hydrogen-bond acceptors (Lipinski definition) is 5. The fourth-order valence-electron chi connectivity index (χ4n) is 2.42. The molecule has 0 saturated heterocycles. The molecule has 4 nitrogen and oxygen atoms in total. The zero-order chi connectivity index (χ0) is 19.2. The van der Waals surface area contributed by atoms with Gasteiger partial charge in [0, 0.05) is 16.3 Å². The van der Waals surface area contributed by atoms with Gasteiger partial charge in [0.2, 0.25) is 0 Å². The lowest BCUT2D eigenvalue weighted by atomic mass is 10.1. The van der Waals surface area contributed by atoms with Crippen molar-refractivity contribution in [1.82, 2.24) is 4.98 Å². The summed E-state index contributed by atoms with van der Waals surface area (Å²) in [4.78, 5) is 16.1. The van der Waals surface area contributed by atoms with Crippen molar-refractivity contribution in [3.05, 3.63) is 82.4 Å². The Kier molecular flexibility index (Phi) is 6.12. The van der Waals surface area contributed by atoms with Gasteiger partial charge in [-0.3, -0.25) is 0 Å². The van der Waals surface area contributed by atoms with Gasteiger partial charge in [0.25, 0.3) is 0 Å². The van der Waals surface area contributed by atoms with Gasteiger partial charge < -0.3 is 4.74 Å². The summed E-state index contributed by atoms with van der Waals surface area (Å²) in [5.41, 5.74) is 3.79. The van der Waals surface area contributed by atoms with Crippen molar-refractivity contribution in [2.45, 2.75) is 10.8 Å². The topological polar surface area (TPSA) is 63.0 Å². The number of benzene rings is 2. The maximum atomic E-state index is 11.5. The zero-order valence-electron chi connectivity index (χ0n) is 14.5. The molecular formula is C21H15ClN2O2S. The number of hydrogen-bond donors (Lipinski definition) is 0. The lowest BCUT2D eigenvalue weighted by Crippen LogP contribution is -2.00. The van der Waals surface area contributed by atoms with E-state index in [9.17, 15) is 10.1 Å². The Balaban J connectivity index is 1.79. The minimum atomic E-state index is -0.363. The van der Waals surface area contributed by atoms with Gasteiger partial charge in [-0.25, -0.2) is 9.78 Å². The van der Waals surface area contributed by atoms with Crippen LogP contribution < -0.4 is 0 Å². The lowest BCUT2D eigenvalue weighted by molar-refractivity contribution is 0.0600. The van der Waals surface area contributed by atoms with Gasteiger partial charge in [0.15, 0.2) is 0 Å². The van der Waals surface area contributed by atoms with Gasteiger partial charge in [-0.15, -0.1) is 11.8 Å². The Morgan fingerprint density at radius 2 is 1.81 bits per heavy atom. The number of thioether (sulfide) groups is 1. The van der Waals surface area contributed by atoms with Crippen molar-refractivity contribution >= 4 is 29.3 Å². The van der Waals surface area contributed by atoms with Crippen LogP contribution in [0.15, 0.2) is 65.7 Å². The quantitative estimate of drug-likeness (QED) is 0.431. The van der Waals surface area contributed by atoms with Crippen LogP contribution in [0.25, 0.3) is 11.3 Å². The molecule has 0 amide bonds. The number of nitriles is 1. The molecule has 27 heavy (non-hydrogen) atoms.